The van der Waals surface area contributed by atoms with Crippen molar-refractivity contribution in [1.29, 1.82) is 0 Å². The Morgan fingerprint density at radius 2 is 1.37 bits per heavy atom. The van der Waals surface area contributed by atoms with Gasteiger partial charge in [0.2, 0.25) is 0 Å². The van der Waals surface area contributed by atoms with Crippen LogP contribution in [0.1, 0.15) is 18.9 Å². The van der Waals surface area contributed by atoms with Crippen molar-refractivity contribution in [3.05, 3.63) is 66.2 Å². The van der Waals surface area contributed by atoms with Gasteiger partial charge in [0.05, 0.1) is 0 Å². The number of hydrogen-bond donors (Lipinski definition) is 0. The maximum atomic E-state index is 2.44. The highest BCUT2D eigenvalue weighted by molar-refractivity contribution is 8.33. The maximum Gasteiger partial charge on any atom is -0.0102 e. The van der Waals surface area contributed by atoms with Crippen LogP contribution in [0.5, 0.6) is 0 Å². The van der Waals surface area contributed by atoms with Gasteiger partial charge in [-0.3, -0.25) is 0 Å². The molecule has 1 unspecified atom stereocenters. The maximum absolute atomic E-state index is 2.44. The second-order valence-corrected chi connectivity index (χ2v) is 9.64. The van der Waals surface area contributed by atoms with Gasteiger partial charge in [-0.15, -0.1) is 0 Å². The summed E-state index contributed by atoms with van der Waals surface area (Å²) in [6.45, 7) is 2.41. The van der Waals surface area contributed by atoms with E-state index in [2.05, 4.69) is 80.1 Å². The molecule has 0 aliphatic carbocycles. The molecule has 0 spiro atoms. The van der Waals surface area contributed by atoms with Crippen molar-refractivity contribution < 1.29 is 0 Å². The number of hydrogen-bond acceptors (Lipinski definition) is 0. The van der Waals surface area contributed by atoms with E-state index < -0.39 is 10.0 Å². The van der Waals surface area contributed by atoms with Crippen LogP contribution >= 0.6 is 10.0 Å². The number of rotatable bonds is 5. The largest absolute Gasteiger partial charge is 0.218 e. The van der Waals surface area contributed by atoms with Crippen LogP contribution in [0, 0.1) is 0 Å². The first kappa shape index (κ1) is 14.2. The first-order chi connectivity index (χ1) is 9.10. The van der Waals surface area contributed by atoms with Gasteiger partial charge in [0, 0.05) is 0 Å². The molecule has 0 fully saturated rings. The van der Waals surface area contributed by atoms with Crippen LogP contribution in [0.2, 0.25) is 0 Å². The SMILES string of the molecule is CC(CCc1ccccc1)S(C)(C)c1ccccc1. The van der Waals surface area contributed by atoms with Gasteiger partial charge in [0.25, 0.3) is 0 Å². The Kier molecular flexibility index (Phi) is 4.71. The van der Waals surface area contributed by atoms with Gasteiger partial charge in [-0.25, -0.2) is 10.0 Å². The van der Waals surface area contributed by atoms with Crippen LogP contribution in [0.4, 0.5) is 0 Å². The third-order valence-electron chi connectivity index (χ3n) is 4.04. The molecular weight excluding hydrogens is 248 g/mol. The first-order valence-electron chi connectivity index (χ1n) is 6.92. The highest BCUT2D eigenvalue weighted by Crippen LogP contribution is 2.54. The summed E-state index contributed by atoms with van der Waals surface area (Å²) < 4.78 is 0. The van der Waals surface area contributed by atoms with Crippen molar-refractivity contribution in [3.8, 4) is 0 Å². The second kappa shape index (κ2) is 6.29. The van der Waals surface area contributed by atoms with E-state index in [-0.39, 0.29) is 0 Å². The fourth-order valence-corrected chi connectivity index (χ4v) is 4.34. The van der Waals surface area contributed by atoms with Crippen molar-refractivity contribution in [3.63, 3.8) is 0 Å². The van der Waals surface area contributed by atoms with Gasteiger partial charge < -0.3 is 0 Å². The summed E-state index contributed by atoms with van der Waals surface area (Å²) in [5, 5.41) is 0.745. The Labute approximate surface area is 119 Å². The zero-order valence-corrected chi connectivity index (χ0v) is 13.0. The summed E-state index contributed by atoms with van der Waals surface area (Å²) in [7, 11) is -0.709. The lowest BCUT2D eigenvalue weighted by molar-refractivity contribution is 0.802. The molecule has 0 saturated heterocycles. The average molecular weight is 272 g/mol. The average Bonchev–Trinajstić information content (AvgIpc) is 2.46. The molecule has 19 heavy (non-hydrogen) atoms. The van der Waals surface area contributed by atoms with E-state index in [0.717, 1.165) is 5.25 Å². The fraction of sp³-hybridized carbons (Fsp3) is 0.333. The molecular formula is C18H24S. The topological polar surface area (TPSA) is 0 Å². The molecule has 0 heterocycles. The van der Waals surface area contributed by atoms with E-state index >= 15 is 0 Å². The molecule has 0 aliphatic rings. The van der Waals surface area contributed by atoms with Crippen LogP contribution in [-0.4, -0.2) is 17.8 Å². The van der Waals surface area contributed by atoms with E-state index in [9.17, 15) is 0 Å². The summed E-state index contributed by atoms with van der Waals surface area (Å²) in [4.78, 5) is 1.52. The summed E-state index contributed by atoms with van der Waals surface area (Å²) in [5.74, 6) is 0. The molecule has 0 radical (unpaired) electrons. The minimum absolute atomic E-state index is 0.709. The quantitative estimate of drug-likeness (QED) is 0.707. The Bertz CT molecular complexity index is 488. The molecule has 0 saturated carbocycles. The molecule has 0 nitrogen and oxygen atoms in total. The molecule has 1 heteroatoms. The Morgan fingerprint density at radius 3 is 1.95 bits per heavy atom. The van der Waals surface area contributed by atoms with Crippen LogP contribution < -0.4 is 0 Å². The minimum Gasteiger partial charge on any atom is -0.218 e. The lowest BCUT2D eigenvalue weighted by Crippen LogP contribution is -2.14. The smallest absolute Gasteiger partial charge is 0.0102 e. The highest BCUT2D eigenvalue weighted by atomic mass is 32.3. The molecule has 0 aliphatic heterocycles. The lowest BCUT2D eigenvalue weighted by Gasteiger charge is -2.38. The van der Waals surface area contributed by atoms with Crippen molar-refractivity contribution in [2.24, 2.45) is 0 Å². The summed E-state index contributed by atoms with van der Waals surface area (Å²) in [5.41, 5.74) is 1.46. The van der Waals surface area contributed by atoms with Gasteiger partial charge in [-0.05, 0) is 41.1 Å². The van der Waals surface area contributed by atoms with E-state index in [1.165, 1.54) is 23.3 Å². The lowest BCUT2D eigenvalue weighted by atomic mass is 10.1. The molecule has 1 atom stereocenters. The highest BCUT2D eigenvalue weighted by Gasteiger charge is 2.22. The van der Waals surface area contributed by atoms with Gasteiger partial charge >= 0.3 is 0 Å². The van der Waals surface area contributed by atoms with Gasteiger partial charge in [0.1, 0.15) is 0 Å². The third kappa shape index (κ3) is 3.63. The van der Waals surface area contributed by atoms with Gasteiger partial charge in [-0.1, -0.05) is 67.6 Å². The number of benzene rings is 2. The standard InChI is InChI=1S/C18H24S/c1-16(14-15-17-10-6-4-7-11-17)19(2,3)18-12-8-5-9-13-18/h4-13,16H,14-15H2,1-3H3. The zero-order chi connectivity index (χ0) is 13.7. The van der Waals surface area contributed by atoms with Crippen LogP contribution in [0.15, 0.2) is 65.6 Å². The Morgan fingerprint density at radius 1 is 0.842 bits per heavy atom. The van der Waals surface area contributed by atoms with Crippen molar-refractivity contribution in [2.75, 3.05) is 12.5 Å². The monoisotopic (exact) mass is 272 g/mol. The first-order valence-corrected chi connectivity index (χ1v) is 9.43. The van der Waals surface area contributed by atoms with Crippen molar-refractivity contribution in [1.82, 2.24) is 0 Å². The summed E-state index contributed by atoms with van der Waals surface area (Å²) in [6.07, 6.45) is 7.34. The number of aryl methyl sites for hydroxylation is 1. The fourth-order valence-electron chi connectivity index (χ4n) is 2.31. The zero-order valence-electron chi connectivity index (χ0n) is 12.2. The third-order valence-corrected chi connectivity index (χ3v) is 7.77. The van der Waals surface area contributed by atoms with E-state index in [4.69, 9.17) is 0 Å². The summed E-state index contributed by atoms with van der Waals surface area (Å²) >= 11 is 0. The second-order valence-electron chi connectivity index (χ2n) is 5.55. The molecule has 0 bridgehead atoms. The normalized spacial score (nSPS) is 14.1. The predicted molar refractivity (Wildman–Crippen MR) is 88.4 cm³/mol. The molecule has 2 aromatic rings. The predicted octanol–water partition coefficient (Wildman–Crippen LogP) is 5.13. The minimum atomic E-state index is -0.709. The molecule has 0 amide bonds. The summed E-state index contributed by atoms with van der Waals surface area (Å²) in [6, 6.07) is 21.8. The van der Waals surface area contributed by atoms with Crippen LogP contribution in [-0.2, 0) is 6.42 Å². The molecule has 0 N–H and O–H groups in total. The van der Waals surface area contributed by atoms with Crippen LogP contribution in [0.3, 0.4) is 0 Å². The Balaban J connectivity index is 2.01. The molecule has 2 aromatic carbocycles. The van der Waals surface area contributed by atoms with Gasteiger partial charge in [-0.2, -0.15) is 0 Å². The molecule has 0 aromatic heterocycles. The van der Waals surface area contributed by atoms with Gasteiger partial charge in [0.15, 0.2) is 0 Å². The van der Waals surface area contributed by atoms with E-state index in [0.29, 0.717) is 0 Å². The van der Waals surface area contributed by atoms with Crippen molar-refractivity contribution in [2.45, 2.75) is 29.9 Å². The Hall–Kier alpha value is -1.21. The van der Waals surface area contributed by atoms with Crippen molar-refractivity contribution >= 4 is 10.0 Å². The van der Waals surface area contributed by atoms with E-state index in [1.54, 1.807) is 0 Å². The molecule has 2 rings (SSSR count). The molecule has 102 valence electrons. The van der Waals surface area contributed by atoms with E-state index in [1.807, 2.05) is 0 Å². The van der Waals surface area contributed by atoms with Crippen LogP contribution in [0.25, 0.3) is 0 Å².